The van der Waals surface area contributed by atoms with Gasteiger partial charge in [0.25, 0.3) is 0 Å². The van der Waals surface area contributed by atoms with Crippen molar-refractivity contribution in [3.8, 4) is 11.3 Å². The van der Waals surface area contributed by atoms with E-state index in [1.165, 1.54) is 6.07 Å². The molecule has 0 amide bonds. The lowest BCUT2D eigenvalue weighted by Crippen LogP contribution is -2.05. The molecule has 0 saturated carbocycles. The summed E-state index contributed by atoms with van der Waals surface area (Å²) in [5.41, 5.74) is -0.0289. The Hall–Kier alpha value is -2.75. The molecule has 4 rings (SSSR count). The van der Waals surface area contributed by atoms with Crippen molar-refractivity contribution in [3.05, 3.63) is 72.3 Å². The van der Waals surface area contributed by atoms with E-state index in [0.29, 0.717) is 10.9 Å². The number of benzene rings is 3. The molecule has 3 aromatic carbocycles. The zero-order valence-electron chi connectivity index (χ0n) is 11.9. The summed E-state index contributed by atoms with van der Waals surface area (Å²) in [4.78, 5) is 0. The number of fused-ring (bicyclic) bond motifs is 3. The fraction of sp³-hybridized carbons (Fsp3) is 0.0526. The Bertz CT molecular complexity index is 998. The number of alkyl halides is 3. The summed E-state index contributed by atoms with van der Waals surface area (Å²) >= 11 is 0. The second-order valence-corrected chi connectivity index (χ2v) is 5.33. The standard InChI is InChI=1S/C19H11F3O/c20-19(21,22)16-15-11-10-12-6-4-5-9-14(12)18(15)23-17(16)13-7-2-1-3-8-13/h1-11H. The Kier molecular flexibility index (Phi) is 2.94. The van der Waals surface area contributed by atoms with Crippen LogP contribution < -0.4 is 0 Å². The molecule has 0 unspecified atom stereocenters. The Morgan fingerprint density at radius 2 is 1.39 bits per heavy atom. The minimum Gasteiger partial charge on any atom is -0.455 e. The second-order valence-electron chi connectivity index (χ2n) is 5.33. The maximum Gasteiger partial charge on any atom is 0.420 e. The van der Waals surface area contributed by atoms with Crippen LogP contribution in [0, 0.1) is 0 Å². The fourth-order valence-corrected chi connectivity index (χ4v) is 2.90. The molecular weight excluding hydrogens is 301 g/mol. The monoisotopic (exact) mass is 312 g/mol. The first-order valence-corrected chi connectivity index (χ1v) is 7.12. The van der Waals surface area contributed by atoms with Crippen molar-refractivity contribution < 1.29 is 17.6 Å². The van der Waals surface area contributed by atoms with Crippen molar-refractivity contribution in [2.75, 3.05) is 0 Å². The lowest BCUT2D eigenvalue weighted by Gasteiger charge is -2.07. The van der Waals surface area contributed by atoms with E-state index < -0.39 is 11.7 Å². The summed E-state index contributed by atoms with van der Waals surface area (Å²) in [5.74, 6) is -0.135. The van der Waals surface area contributed by atoms with Crippen LogP contribution in [0.3, 0.4) is 0 Å². The molecular formula is C19H11F3O. The summed E-state index contributed by atoms with van der Waals surface area (Å²) in [6, 6.07) is 18.8. The predicted octanol–water partition coefficient (Wildman–Crippen LogP) is 6.27. The van der Waals surface area contributed by atoms with Gasteiger partial charge in [0.1, 0.15) is 16.9 Å². The highest BCUT2D eigenvalue weighted by Gasteiger charge is 2.39. The molecule has 0 radical (unpaired) electrons. The number of hydrogen-bond acceptors (Lipinski definition) is 1. The van der Waals surface area contributed by atoms with Gasteiger partial charge < -0.3 is 4.42 Å². The maximum atomic E-state index is 13.6. The van der Waals surface area contributed by atoms with Crippen LogP contribution in [-0.2, 0) is 6.18 Å². The smallest absolute Gasteiger partial charge is 0.420 e. The molecule has 4 heteroatoms. The molecule has 0 aliphatic rings. The Morgan fingerprint density at radius 3 is 2.13 bits per heavy atom. The zero-order chi connectivity index (χ0) is 16.0. The summed E-state index contributed by atoms with van der Waals surface area (Å²) in [6.45, 7) is 0. The molecule has 0 N–H and O–H groups in total. The Labute approximate surface area is 130 Å². The number of furan rings is 1. The average molecular weight is 312 g/mol. The maximum absolute atomic E-state index is 13.6. The highest BCUT2D eigenvalue weighted by atomic mass is 19.4. The van der Waals surface area contributed by atoms with Crippen molar-refractivity contribution in [2.45, 2.75) is 6.18 Å². The normalized spacial score (nSPS) is 12.1. The molecule has 4 aromatic rings. The quantitative estimate of drug-likeness (QED) is 0.403. The van der Waals surface area contributed by atoms with Crippen LogP contribution in [0.2, 0.25) is 0 Å². The minimum atomic E-state index is -4.49. The van der Waals surface area contributed by atoms with Crippen molar-refractivity contribution in [2.24, 2.45) is 0 Å². The van der Waals surface area contributed by atoms with Gasteiger partial charge in [-0.2, -0.15) is 13.2 Å². The Morgan fingerprint density at radius 1 is 0.696 bits per heavy atom. The molecule has 0 saturated heterocycles. The van der Waals surface area contributed by atoms with Gasteiger partial charge in [-0.05, 0) is 11.5 Å². The first kappa shape index (κ1) is 13.9. The van der Waals surface area contributed by atoms with E-state index in [-0.39, 0.29) is 16.7 Å². The van der Waals surface area contributed by atoms with Crippen molar-refractivity contribution in [3.63, 3.8) is 0 Å². The summed E-state index contributed by atoms with van der Waals surface area (Å²) in [6.07, 6.45) is -4.49. The molecule has 23 heavy (non-hydrogen) atoms. The van der Waals surface area contributed by atoms with Crippen LogP contribution >= 0.6 is 0 Å². The highest BCUT2D eigenvalue weighted by molar-refractivity contribution is 6.07. The topological polar surface area (TPSA) is 13.1 Å². The lowest BCUT2D eigenvalue weighted by molar-refractivity contribution is -0.136. The fourth-order valence-electron chi connectivity index (χ4n) is 2.90. The lowest BCUT2D eigenvalue weighted by atomic mass is 10.0. The predicted molar refractivity (Wildman–Crippen MR) is 84.2 cm³/mol. The van der Waals surface area contributed by atoms with E-state index in [2.05, 4.69) is 0 Å². The second kappa shape index (κ2) is 4.88. The molecule has 0 fully saturated rings. The van der Waals surface area contributed by atoms with Crippen LogP contribution in [0.4, 0.5) is 13.2 Å². The van der Waals surface area contributed by atoms with Gasteiger partial charge in [0.2, 0.25) is 0 Å². The van der Waals surface area contributed by atoms with Gasteiger partial charge in [0.05, 0.1) is 0 Å². The van der Waals surface area contributed by atoms with Crippen molar-refractivity contribution in [1.82, 2.24) is 0 Å². The zero-order valence-corrected chi connectivity index (χ0v) is 11.9. The van der Waals surface area contributed by atoms with E-state index in [1.54, 1.807) is 48.5 Å². The van der Waals surface area contributed by atoms with E-state index in [4.69, 9.17) is 4.42 Å². The number of halogens is 3. The van der Waals surface area contributed by atoms with Gasteiger partial charge in [0.15, 0.2) is 0 Å². The van der Waals surface area contributed by atoms with Crippen LogP contribution in [0.25, 0.3) is 33.1 Å². The van der Waals surface area contributed by atoms with Crippen LogP contribution in [0.1, 0.15) is 5.56 Å². The van der Waals surface area contributed by atoms with Gasteiger partial charge >= 0.3 is 6.18 Å². The third-order valence-electron chi connectivity index (χ3n) is 3.90. The van der Waals surface area contributed by atoms with Crippen molar-refractivity contribution in [1.29, 1.82) is 0 Å². The van der Waals surface area contributed by atoms with Gasteiger partial charge in [-0.1, -0.05) is 60.7 Å². The van der Waals surface area contributed by atoms with Gasteiger partial charge in [-0.25, -0.2) is 0 Å². The molecule has 0 atom stereocenters. The first-order valence-electron chi connectivity index (χ1n) is 7.12. The molecule has 0 aliphatic carbocycles. The van der Waals surface area contributed by atoms with E-state index in [0.717, 1.165) is 5.39 Å². The van der Waals surface area contributed by atoms with Gasteiger partial charge in [-0.3, -0.25) is 0 Å². The van der Waals surface area contributed by atoms with Gasteiger partial charge in [-0.15, -0.1) is 0 Å². The Balaban J connectivity index is 2.15. The van der Waals surface area contributed by atoms with E-state index in [1.807, 2.05) is 12.1 Å². The van der Waals surface area contributed by atoms with Crippen LogP contribution in [0.5, 0.6) is 0 Å². The third kappa shape index (κ3) is 2.18. The minimum absolute atomic E-state index is 0.0926. The average Bonchev–Trinajstić information content (AvgIpc) is 2.96. The van der Waals surface area contributed by atoms with E-state index in [9.17, 15) is 13.2 Å². The molecule has 0 aliphatic heterocycles. The largest absolute Gasteiger partial charge is 0.455 e. The highest BCUT2D eigenvalue weighted by Crippen LogP contribution is 2.45. The summed E-state index contributed by atoms with van der Waals surface area (Å²) in [5, 5.41) is 1.62. The molecule has 114 valence electrons. The number of rotatable bonds is 1. The van der Waals surface area contributed by atoms with E-state index >= 15 is 0 Å². The molecule has 1 heterocycles. The molecule has 1 aromatic heterocycles. The summed E-state index contributed by atoms with van der Waals surface area (Å²) < 4.78 is 46.6. The van der Waals surface area contributed by atoms with Crippen LogP contribution in [0.15, 0.2) is 71.1 Å². The molecule has 0 bridgehead atoms. The SMILES string of the molecule is FC(F)(F)c1c(-c2ccccc2)oc2c1ccc1ccccc12. The van der Waals surface area contributed by atoms with Crippen LogP contribution in [-0.4, -0.2) is 0 Å². The number of hydrogen-bond donors (Lipinski definition) is 0. The molecule has 0 spiro atoms. The summed E-state index contributed by atoms with van der Waals surface area (Å²) in [7, 11) is 0. The first-order chi connectivity index (χ1) is 11.1. The van der Waals surface area contributed by atoms with Crippen molar-refractivity contribution >= 4 is 21.7 Å². The third-order valence-corrected chi connectivity index (χ3v) is 3.90. The molecule has 1 nitrogen and oxygen atoms in total. The van der Waals surface area contributed by atoms with Gasteiger partial charge in [0, 0.05) is 16.3 Å².